The Morgan fingerprint density at radius 3 is 1.44 bits per heavy atom. The molecule has 0 aromatic rings. The minimum atomic E-state index is -0.181. The number of rotatable bonds is 0. The first kappa shape index (κ1) is 13.0. The SMILES string of the molecule is O=C1CCCC1=O.[H-].[H-].[Na+].[Na+]. The molecular weight excluding hydrogens is 138 g/mol. The van der Waals surface area contributed by atoms with Crippen LogP contribution >= 0.6 is 0 Å². The van der Waals surface area contributed by atoms with Crippen LogP contribution in [-0.4, -0.2) is 11.6 Å². The number of carbonyl (C=O) groups excluding carboxylic acids is 2. The third kappa shape index (κ3) is 3.91. The van der Waals surface area contributed by atoms with E-state index in [1.54, 1.807) is 0 Å². The van der Waals surface area contributed by atoms with Crippen LogP contribution in [-0.2, 0) is 9.59 Å². The maximum atomic E-state index is 10.2. The first-order valence-electron chi connectivity index (χ1n) is 2.37. The van der Waals surface area contributed by atoms with E-state index in [4.69, 9.17) is 0 Å². The average molecular weight is 146 g/mol. The summed E-state index contributed by atoms with van der Waals surface area (Å²) >= 11 is 0. The fourth-order valence-electron chi connectivity index (χ4n) is 0.688. The molecular formula is C5H8Na2O2. The van der Waals surface area contributed by atoms with Gasteiger partial charge in [0.25, 0.3) is 0 Å². The van der Waals surface area contributed by atoms with Crippen LogP contribution in [0.1, 0.15) is 22.1 Å². The summed E-state index contributed by atoms with van der Waals surface area (Å²) < 4.78 is 0. The number of carbonyl (C=O) groups is 2. The van der Waals surface area contributed by atoms with Gasteiger partial charge in [-0.05, 0) is 6.42 Å². The molecule has 0 amide bonds. The molecule has 0 aromatic heterocycles. The van der Waals surface area contributed by atoms with Crippen LogP contribution in [0.25, 0.3) is 0 Å². The van der Waals surface area contributed by atoms with Crippen molar-refractivity contribution in [2.75, 3.05) is 0 Å². The van der Waals surface area contributed by atoms with Crippen molar-refractivity contribution in [2.45, 2.75) is 19.3 Å². The van der Waals surface area contributed by atoms with E-state index >= 15 is 0 Å². The van der Waals surface area contributed by atoms with Crippen LogP contribution in [0.5, 0.6) is 0 Å². The monoisotopic (exact) mass is 146 g/mol. The van der Waals surface area contributed by atoms with Gasteiger partial charge in [0.1, 0.15) is 0 Å². The molecule has 0 atom stereocenters. The first-order chi connectivity index (χ1) is 3.30. The molecule has 0 heterocycles. The van der Waals surface area contributed by atoms with Gasteiger partial charge in [0.15, 0.2) is 11.6 Å². The molecule has 1 aliphatic rings. The van der Waals surface area contributed by atoms with Crippen molar-refractivity contribution in [2.24, 2.45) is 0 Å². The van der Waals surface area contributed by atoms with Crippen molar-refractivity contribution in [3.05, 3.63) is 0 Å². The summed E-state index contributed by atoms with van der Waals surface area (Å²) in [6.07, 6.45) is 1.75. The molecule has 0 aromatic carbocycles. The Labute approximate surface area is 101 Å². The smallest absolute Gasteiger partial charge is 1.00 e. The van der Waals surface area contributed by atoms with Gasteiger partial charge >= 0.3 is 59.1 Å². The molecule has 0 N–H and O–H groups in total. The summed E-state index contributed by atoms with van der Waals surface area (Å²) in [6, 6.07) is 0. The van der Waals surface area contributed by atoms with Gasteiger partial charge < -0.3 is 2.85 Å². The average Bonchev–Trinajstić information content (AvgIpc) is 1.91. The summed E-state index contributed by atoms with van der Waals surface area (Å²) in [5.41, 5.74) is 0. The molecule has 42 valence electrons. The minimum absolute atomic E-state index is 0. The molecule has 0 unspecified atom stereocenters. The molecule has 1 aliphatic carbocycles. The number of hydrogen-bond acceptors (Lipinski definition) is 2. The molecule has 1 rings (SSSR count). The van der Waals surface area contributed by atoms with Gasteiger partial charge in [0, 0.05) is 12.8 Å². The van der Waals surface area contributed by atoms with Crippen molar-refractivity contribution in [1.82, 2.24) is 0 Å². The fourth-order valence-corrected chi connectivity index (χ4v) is 0.688. The fraction of sp³-hybridized carbons (Fsp3) is 0.600. The van der Waals surface area contributed by atoms with E-state index < -0.39 is 0 Å². The van der Waals surface area contributed by atoms with Crippen molar-refractivity contribution >= 4 is 11.6 Å². The summed E-state index contributed by atoms with van der Waals surface area (Å²) in [5.74, 6) is -0.361. The molecule has 0 bridgehead atoms. The molecule has 9 heavy (non-hydrogen) atoms. The summed E-state index contributed by atoms with van der Waals surface area (Å²) in [7, 11) is 0. The van der Waals surface area contributed by atoms with Crippen LogP contribution in [0.4, 0.5) is 0 Å². The van der Waals surface area contributed by atoms with Crippen LogP contribution in [0.2, 0.25) is 0 Å². The van der Waals surface area contributed by atoms with Gasteiger partial charge in [-0.1, -0.05) is 0 Å². The maximum Gasteiger partial charge on any atom is 1.00 e. The predicted octanol–water partition coefficient (Wildman–Crippen LogP) is -5.46. The Bertz CT molecular complexity index is 116. The molecule has 0 spiro atoms. The van der Waals surface area contributed by atoms with Crippen LogP contribution in [0.3, 0.4) is 0 Å². The maximum absolute atomic E-state index is 10.2. The van der Waals surface area contributed by atoms with E-state index in [9.17, 15) is 9.59 Å². The second-order valence-corrected chi connectivity index (χ2v) is 1.70. The zero-order valence-electron chi connectivity index (χ0n) is 7.94. The quantitative estimate of drug-likeness (QED) is 0.252. The molecule has 0 radical (unpaired) electrons. The van der Waals surface area contributed by atoms with Crippen molar-refractivity contribution < 1.29 is 71.6 Å². The molecule has 4 heteroatoms. The summed E-state index contributed by atoms with van der Waals surface area (Å²) in [6.45, 7) is 0. The standard InChI is InChI=1S/C5H6O2.2Na.2H/c6-4-2-1-3-5(4)7;;;;/h1-3H2;;;;/q;2*+1;2*-1. The van der Waals surface area contributed by atoms with Gasteiger partial charge in [-0.15, -0.1) is 0 Å². The Hall–Kier alpha value is 1.34. The zero-order chi connectivity index (χ0) is 5.28. The van der Waals surface area contributed by atoms with Crippen molar-refractivity contribution in [3.8, 4) is 0 Å². The molecule has 2 nitrogen and oxygen atoms in total. The van der Waals surface area contributed by atoms with E-state index in [0.717, 1.165) is 6.42 Å². The molecule has 1 fully saturated rings. The van der Waals surface area contributed by atoms with Crippen LogP contribution < -0.4 is 59.1 Å². The van der Waals surface area contributed by atoms with Crippen molar-refractivity contribution in [1.29, 1.82) is 0 Å². The normalized spacial score (nSPS) is 16.4. The number of hydrogen-bond donors (Lipinski definition) is 0. The Morgan fingerprint density at radius 2 is 1.33 bits per heavy atom. The van der Waals surface area contributed by atoms with E-state index in [1.807, 2.05) is 0 Å². The van der Waals surface area contributed by atoms with Gasteiger partial charge in [-0.3, -0.25) is 9.59 Å². The van der Waals surface area contributed by atoms with Gasteiger partial charge in [0.05, 0.1) is 0 Å². The third-order valence-electron chi connectivity index (χ3n) is 1.12. The number of Topliss-reactive ketones (excluding diaryl/α,β-unsaturated/α-hetero) is 2. The van der Waals surface area contributed by atoms with Crippen LogP contribution in [0, 0.1) is 0 Å². The van der Waals surface area contributed by atoms with Crippen molar-refractivity contribution in [3.63, 3.8) is 0 Å². The Kier molecular flexibility index (Phi) is 8.76. The predicted molar refractivity (Wildman–Crippen MR) is 26.1 cm³/mol. The number of ketones is 2. The Balaban J connectivity index is -0.0000000612. The third-order valence-corrected chi connectivity index (χ3v) is 1.12. The van der Waals surface area contributed by atoms with Crippen LogP contribution in [0.15, 0.2) is 0 Å². The second kappa shape index (κ2) is 6.08. The van der Waals surface area contributed by atoms with E-state index in [2.05, 4.69) is 0 Å². The molecule has 1 saturated carbocycles. The largest absolute Gasteiger partial charge is 1.00 e. The minimum Gasteiger partial charge on any atom is -1.00 e. The second-order valence-electron chi connectivity index (χ2n) is 1.70. The Morgan fingerprint density at radius 1 is 1.00 bits per heavy atom. The van der Waals surface area contributed by atoms with E-state index in [1.165, 1.54) is 0 Å². The zero-order valence-corrected chi connectivity index (χ0v) is 9.94. The van der Waals surface area contributed by atoms with E-state index in [-0.39, 0.29) is 73.5 Å². The molecule has 0 aliphatic heterocycles. The van der Waals surface area contributed by atoms with Gasteiger partial charge in [-0.25, -0.2) is 0 Å². The van der Waals surface area contributed by atoms with Gasteiger partial charge in [-0.2, -0.15) is 0 Å². The summed E-state index contributed by atoms with van der Waals surface area (Å²) in [5, 5.41) is 0. The first-order valence-corrected chi connectivity index (χ1v) is 2.37. The van der Waals surface area contributed by atoms with E-state index in [0.29, 0.717) is 12.8 Å². The molecule has 0 saturated heterocycles. The topological polar surface area (TPSA) is 34.1 Å². The summed E-state index contributed by atoms with van der Waals surface area (Å²) in [4.78, 5) is 20.4. The van der Waals surface area contributed by atoms with Gasteiger partial charge in [0.2, 0.25) is 0 Å².